The maximum absolute atomic E-state index is 4.29. The standard InChI is InChI=1S/C10H16NP/c1-2-3-6-9-12-10-7-4-5-8-11-10/h4-5,7-8,12H,2-3,6,9H2,1H3. The Kier molecular flexibility index (Phi) is 4.94. The van der Waals surface area contributed by atoms with E-state index in [2.05, 4.69) is 24.0 Å². The predicted molar refractivity (Wildman–Crippen MR) is 56.6 cm³/mol. The molecule has 0 bridgehead atoms. The fourth-order valence-electron chi connectivity index (χ4n) is 1.06. The molecule has 1 aromatic heterocycles. The van der Waals surface area contributed by atoms with Crippen LogP contribution in [0.1, 0.15) is 26.2 Å². The van der Waals surface area contributed by atoms with Crippen molar-refractivity contribution in [2.24, 2.45) is 0 Å². The van der Waals surface area contributed by atoms with Gasteiger partial charge in [0.15, 0.2) is 0 Å². The molecule has 1 atom stereocenters. The van der Waals surface area contributed by atoms with Crippen LogP contribution in [0.5, 0.6) is 0 Å². The maximum atomic E-state index is 4.29. The topological polar surface area (TPSA) is 12.9 Å². The maximum Gasteiger partial charge on any atom is 0.0600 e. The van der Waals surface area contributed by atoms with Crippen LogP contribution in [-0.4, -0.2) is 11.1 Å². The summed E-state index contributed by atoms with van der Waals surface area (Å²) in [6, 6.07) is 6.15. The average molecular weight is 181 g/mol. The summed E-state index contributed by atoms with van der Waals surface area (Å²) >= 11 is 0. The first-order chi connectivity index (χ1) is 5.93. The van der Waals surface area contributed by atoms with E-state index >= 15 is 0 Å². The van der Waals surface area contributed by atoms with Gasteiger partial charge in [-0.2, -0.15) is 0 Å². The van der Waals surface area contributed by atoms with Gasteiger partial charge in [-0.1, -0.05) is 34.4 Å². The molecular weight excluding hydrogens is 165 g/mol. The largest absolute Gasteiger partial charge is 0.257 e. The summed E-state index contributed by atoms with van der Waals surface area (Å²) < 4.78 is 0. The molecule has 1 rings (SSSR count). The molecule has 1 heterocycles. The summed E-state index contributed by atoms with van der Waals surface area (Å²) in [6.45, 7) is 2.24. The van der Waals surface area contributed by atoms with Crippen LogP contribution in [0, 0.1) is 0 Å². The lowest BCUT2D eigenvalue weighted by atomic mass is 10.3. The molecule has 0 aromatic carbocycles. The van der Waals surface area contributed by atoms with Crippen LogP contribution in [0.25, 0.3) is 0 Å². The zero-order valence-electron chi connectivity index (χ0n) is 7.59. The van der Waals surface area contributed by atoms with E-state index < -0.39 is 0 Å². The second-order valence-electron chi connectivity index (χ2n) is 2.85. The first-order valence-corrected chi connectivity index (χ1v) is 5.79. The van der Waals surface area contributed by atoms with E-state index in [-0.39, 0.29) is 0 Å². The lowest BCUT2D eigenvalue weighted by Crippen LogP contribution is -1.99. The molecular formula is C10H16NP. The Balaban J connectivity index is 2.16. The number of aromatic nitrogens is 1. The number of unbranched alkanes of at least 4 members (excludes halogenated alkanes) is 2. The number of rotatable bonds is 5. The van der Waals surface area contributed by atoms with E-state index in [1.54, 1.807) is 0 Å². The molecule has 0 fully saturated rings. The van der Waals surface area contributed by atoms with Gasteiger partial charge in [0.25, 0.3) is 0 Å². The minimum atomic E-state index is 0.903. The summed E-state index contributed by atoms with van der Waals surface area (Å²) in [4.78, 5) is 4.29. The first kappa shape index (κ1) is 9.67. The van der Waals surface area contributed by atoms with Gasteiger partial charge in [0.1, 0.15) is 0 Å². The predicted octanol–water partition coefficient (Wildman–Crippen LogP) is 2.58. The van der Waals surface area contributed by atoms with Gasteiger partial charge in [-0.15, -0.1) is 0 Å². The summed E-state index contributed by atoms with van der Waals surface area (Å²) in [7, 11) is 0.903. The van der Waals surface area contributed by atoms with Gasteiger partial charge in [0, 0.05) is 6.20 Å². The zero-order chi connectivity index (χ0) is 8.65. The van der Waals surface area contributed by atoms with Gasteiger partial charge in [0.2, 0.25) is 0 Å². The van der Waals surface area contributed by atoms with Crippen LogP contribution in [-0.2, 0) is 0 Å². The molecule has 0 saturated heterocycles. The van der Waals surface area contributed by atoms with Crippen molar-refractivity contribution in [3.8, 4) is 0 Å². The lowest BCUT2D eigenvalue weighted by Gasteiger charge is -1.98. The molecule has 66 valence electrons. The smallest absolute Gasteiger partial charge is 0.0600 e. The molecule has 1 nitrogen and oxygen atoms in total. The van der Waals surface area contributed by atoms with Crippen LogP contribution in [0.2, 0.25) is 0 Å². The summed E-state index contributed by atoms with van der Waals surface area (Å²) in [6.07, 6.45) is 7.21. The molecule has 2 heteroatoms. The van der Waals surface area contributed by atoms with Crippen LogP contribution in [0.4, 0.5) is 0 Å². The quantitative estimate of drug-likeness (QED) is 0.502. The number of hydrogen-bond acceptors (Lipinski definition) is 1. The molecule has 1 unspecified atom stereocenters. The highest BCUT2D eigenvalue weighted by Crippen LogP contribution is 2.11. The highest BCUT2D eigenvalue weighted by molar-refractivity contribution is 7.46. The van der Waals surface area contributed by atoms with Crippen molar-refractivity contribution >= 4 is 14.0 Å². The highest BCUT2D eigenvalue weighted by atomic mass is 31.1. The van der Waals surface area contributed by atoms with Crippen molar-refractivity contribution in [3.63, 3.8) is 0 Å². The number of nitrogens with zero attached hydrogens (tertiary/aromatic N) is 1. The van der Waals surface area contributed by atoms with Gasteiger partial charge >= 0.3 is 0 Å². The van der Waals surface area contributed by atoms with Crippen molar-refractivity contribution in [2.45, 2.75) is 26.2 Å². The second kappa shape index (κ2) is 6.14. The lowest BCUT2D eigenvalue weighted by molar-refractivity contribution is 0.778. The van der Waals surface area contributed by atoms with Crippen molar-refractivity contribution in [3.05, 3.63) is 24.4 Å². The Bertz CT molecular complexity index is 198. The van der Waals surface area contributed by atoms with Gasteiger partial charge in [-0.05, 0) is 24.7 Å². The molecule has 0 N–H and O–H groups in total. The third-order valence-electron chi connectivity index (χ3n) is 1.75. The Morgan fingerprint density at radius 2 is 2.25 bits per heavy atom. The molecule has 0 radical (unpaired) electrons. The van der Waals surface area contributed by atoms with Gasteiger partial charge in [-0.3, -0.25) is 4.98 Å². The van der Waals surface area contributed by atoms with E-state index in [4.69, 9.17) is 0 Å². The summed E-state index contributed by atoms with van der Waals surface area (Å²) in [5.74, 6) is 0. The van der Waals surface area contributed by atoms with Crippen LogP contribution >= 0.6 is 8.58 Å². The Hall–Kier alpha value is -0.420. The fraction of sp³-hybridized carbons (Fsp3) is 0.500. The van der Waals surface area contributed by atoms with Crippen LogP contribution < -0.4 is 5.44 Å². The zero-order valence-corrected chi connectivity index (χ0v) is 8.59. The molecule has 0 saturated carbocycles. The normalized spacial score (nSPS) is 11.1. The third kappa shape index (κ3) is 3.82. The minimum Gasteiger partial charge on any atom is -0.257 e. The van der Waals surface area contributed by atoms with Crippen LogP contribution in [0.3, 0.4) is 0 Å². The molecule has 0 spiro atoms. The Morgan fingerprint density at radius 3 is 2.92 bits per heavy atom. The van der Waals surface area contributed by atoms with Gasteiger partial charge in [0.05, 0.1) is 5.44 Å². The molecule has 0 aliphatic rings. The van der Waals surface area contributed by atoms with E-state index in [1.807, 2.05) is 12.3 Å². The summed E-state index contributed by atoms with van der Waals surface area (Å²) in [5, 5.41) is 0. The average Bonchev–Trinajstić information content (AvgIpc) is 2.14. The number of pyridine rings is 1. The highest BCUT2D eigenvalue weighted by Gasteiger charge is 1.91. The van der Waals surface area contributed by atoms with E-state index in [9.17, 15) is 0 Å². The second-order valence-corrected chi connectivity index (χ2v) is 4.21. The minimum absolute atomic E-state index is 0.903. The molecule has 0 aliphatic carbocycles. The van der Waals surface area contributed by atoms with E-state index in [0.29, 0.717) is 0 Å². The van der Waals surface area contributed by atoms with E-state index in [1.165, 1.54) is 30.9 Å². The molecule has 12 heavy (non-hydrogen) atoms. The van der Waals surface area contributed by atoms with Gasteiger partial charge in [-0.25, -0.2) is 0 Å². The molecule has 1 aromatic rings. The number of hydrogen-bond donors (Lipinski definition) is 0. The molecule has 0 aliphatic heterocycles. The fourth-order valence-corrected chi connectivity index (χ4v) is 2.12. The van der Waals surface area contributed by atoms with Crippen molar-refractivity contribution < 1.29 is 0 Å². The van der Waals surface area contributed by atoms with Crippen molar-refractivity contribution in [1.82, 2.24) is 4.98 Å². The van der Waals surface area contributed by atoms with E-state index in [0.717, 1.165) is 8.58 Å². The SMILES string of the molecule is CCCCCPc1ccccn1. The molecule has 0 amide bonds. The van der Waals surface area contributed by atoms with Crippen molar-refractivity contribution in [2.75, 3.05) is 6.16 Å². The summed E-state index contributed by atoms with van der Waals surface area (Å²) in [5.41, 5.74) is 1.26. The first-order valence-electron chi connectivity index (χ1n) is 4.58. The third-order valence-corrected chi connectivity index (χ3v) is 3.01. The Morgan fingerprint density at radius 1 is 1.33 bits per heavy atom. The van der Waals surface area contributed by atoms with Crippen LogP contribution in [0.15, 0.2) is 24.4 Å². The van der Waals surface area contributed by atoms with Gasteiger partial charge < -0.3 is 0 Å². The Labute approximate surface area is 76.4 Å². The monoisotopic (exact) mass is 181 g/mol. The van der Waals surface area contributed by atoms with Crippen molar-refractivity contribution in [1.29, 1.82) is 0 Å².